The molecule has 0 N–H and O–H groups in total. The van der Waals surface area contributed by atoms with Gasteiger partial charge in [-0.05, 0) is 74.9 Å². The van der Waals surface area contributed by atoms with Gasteiger partial charge in [0.25, 0.3) is 0 Å². The van der Waals surface area contributed by atoms with Crippen molar-refractivity contribution in [1.29, 1.82) is 0 Å². The van der Waals surface area contributed by atoms with Crippen LogP contribution in [0.2, 0.25) is 0 Å². The second kappa shape index (κ2) is 8.18. The van der Waals surface area contributed by atoms with Gasteiger partial charge >= 0.3 is 0 Å². The standard InChI is InChI=1S/C29H21N/c1-3-7-23(8-4-1)27-20-28(29(21-27)26-9-5-2-6-10-26)19-22-11-13-24(14-12-22)25-15-17-30-18-16-25/h1-21H/b28-19+. The summed E-state index contributed by atoms with van der Waals surface area (Å²) in [7, 11) is 0. The SMILES string of the molecule is C1=C(c2ccccc2)C=C(c2ccccc2)/C1=C/c1ccc(-c2ccncc2)cc1. The molecule has 1 nitrogen and oxygen atoms in total. The monoisotopic (exact) mass is 383 g/mol. The molecule has 0 radical (unpaired) electrons. The number of pyridine rings is 1. The molecule has 0 spiro atoms. The van der Waals surface area contributed by atoms with E-state index < -0.39 is 0 Å². The van der Waals surface area contributed by atoms with Crippen molar-refractivity contribution >= 4 is 17.2 Å². The van der Waals surface area contributed by atoms with Gasteiger partial charge in [-0.3, -0.25) is 4.98 Å². The molecule has 0 saturated heterocycles. The Morgan fingerprint density at radius 1 is 0.500 bits per heavy atom. The predicted molar refractivity (Wildman–Crippen MR) is 126 cm³/mol. The Morgan fingerprint density at radius 3 is 1.77 bits per heavy atom. The minimum Gasteiger partial charge on any atom is -0.265 e. The van der Waals surface area contributed by atoms with E-state index in [9.17, 15) is 0 Å². The molecule has 5 rings (SSSR count). The van der Waals surface area contributed by atoms with Crippen LogP contribution in [0.1, 0.15) is 16.7 Å². The van der Waals surface area contributed by atoms with Gasteiger partial charge < -0.3 is 0 Å². The van der Waals surface area contributed by atoms with Crippen LogP contribution in [-0.4, -0.2) is 4.98 Å². The van der Waals surface area contributed by atoms with Gasteiger partial charge in [0.05, 0.1) is 0 Å². The van der Waals surface area contributed by atoms with Crippen molar-refractivity contribution in [3.63, 3.8) is 0 Å². The molecule has 0 amide bonds. The number of aromatic nitrogens is 1. The third kappa shape index (κ3) is 3.78. The molecule has 1 heterocycles. The van der Waals surface area contributed by atoms with Crippen molar-refractivity contribution in [2.45, 2.75) is 0 Å². The van der Waals surface area contributed by atoms with Crippen molar-refractivity contribution in [2.75, 3.05) is 0 Å². The highest BCUT2D eigenvalue weighted by Crippen LogP contribution is 2.37. The van der Waals surface area contributed by atoms with E-state index in [1.165, 1.54) is 44.5 Å². The quantitative estimate of drug-likeness (QED) is 0.360. The van der Waals surface area contributed by atoms with Crippen LogP contribution < -0.4 is 0 Å². The molecule has 0 atom stereocenters. The minimum absolute atomic E-state index is 1.18. The van der Waals surface area contributed by atoms with Gasteiger partial charge in [-0.2, -0.15) is 0 Å². The first kappa shape index (κ1) is 18.1. The summed E-state index contributed by atoms with van der Waals surface area (Å²) in [5, 5.41) is 0. The molecule has 0 unspecified atom stereocenters. The molecule has 0 fully saturated rings. The first-order valence-electron chi connectivity index (χ1n) is 10.1. The Kier molecular flexibility index (Phi) is 4.93. The molecule has 3 aromatic carbocycles. The van der Waals surface area contributed by atoms with E-state index in [0.29, 0.717) is 0 Å². The van der Waals surface area contributed by atoms with Gasteiger partial charge in [-0.1, -0.05) is 84.9 Å². The molecule has 30 heavy (non-hydrogen) atoms. The summed E-state index contributed by atoms with van der Waals surface area (Å²) in [4.78, 5) is 4.10. The summed E-state index contributed by atoms with van der Waals surface area (Å²) in [5.74, 6) is 0. The highest BCUT2D eigenvalue weighted by Gasteiger charge is 2.15. The zero-order valence-corrected chi connectivity index (χ0v) is 16.6. The van der Waals surface area contributed by atoms with E-state index in [2.05, 4.69) is 108 Å². The van der Waals surface area contributed by atoms with Crippen LogP contribution in [-0.2, 0) is 0 Å². The van der Waals surface area contributed by atoms with Crippen LogP contribution in [0.25, 0.3) is 28.3 Å². The number of hydrogen-bond acceptors (Lipinski definition) is 1. The van der Waals surface area contributed by atoms with E-state index in [1.807, 2.05) is 24.5 Å². The van der Waals surface area contributed by atoms with Crippen LogP contribution >= 0.6 is 0 Å². The number of nitrogens with zero attached hydrogens (tertiary/aromatic N) is 1. The highest BCUT2D eigenvalue weighted by atomic mass is 14.6. The Bertz CT molecular complexity index is 1230. The Labute approximate surface area is 177 Å². The second-order valence-electron chi connectivity index (χ2n) is 7.35. The number of hydrogen-bond donors (Lipinski definition) is 0. The third-order valence-corrected chi connectivity index (χ3v) is 5.36. The van der Waals surface area contributed by atoms with Gasteiger partial charge in [0, 0.05) is 12.4 Å². The summed E-state index contributed by atoms with van der Waals surface area (Å²) < 4.78 is 0. The molecule has 4 aromatic rings. The lowest BCUT2D eigenvalue weighted by Gasteiger charge is -2.06. The van der Waals surface area contributed by atoms with Crippen molar-refractivity contribution in [3.8, 4) is 11.1 Å². The molecule has 1 aliphatic rings. The van der Waals surface area contributed by atoms with E-state index in [0.717, 1.165) is 0 Å². The largest absolute Gasteiger partial charge is 0.265 e. The van der Waals surface area contributed by atoms with Crippen molar-refractivity contribution in [1.82, 2.24) is 4.98 Å². The summed E-state index contributed by atoms with van der Waals surface area (Å²) in [6, 6.07) is 33.9. The fraction of sp³-hybridized carbons (Fsp3) is 0. The summed E-state index contributed by atoms with van der Waals surface area (Å²) in [6.07, 6.45) is 10.5. The van der Waals surface area contributed by atoms with Crippen LogP contribution in [0.4, 0.5) is 0 Å². The van der Waals surface area contributed by atoms with Crippen molar-refractivity contribution < 1.29 is 0 Å². The fourth-order valence-electron chi connectivity index (χ4n) is 3.81. The van der Waals surface area contributed by atoms with Gasteiger partial charge in [0.1, 0.15) is 0 Å². The van der Waals surface area contributed by atoms with Crippen molar-refractivity contribution in [3.05, 3.63) is 144 Å². The Hall–Kier alpha value is -3.97. The van der Waals surface area contributed by atoms with E-state index in [1.54, 1.807) is 0 Å². The summed E-state index contributed by atoms with van der Waals surface area (Å²) in [6.45, 7) is 0. The normalized spacial score (nSPS) is 14.5. The molecule has 1 heteroatoms. The highest BCUT2D eigenvalue weighted by molar-refractivity contribution is 6.02. The molecule has 1 aromatic heterocycles. The average Bonchev–Trinajstić information content (AvgIpc) is 3.25. The number of allylic oxidation sites excluding steroid dienone is 5. The zero-order chi connectivity index (χ0) is 20.2. The van der Waals surface area contributed by atoms with E-state index >= 15 is 0 Å². The van der Waals surface area contributed by atoms with Crippen molar-refractivity contribution in [2.24, 2.45) is 0 Å². The maximum Gasteiger partial charge on any atom is 0.0273 e. The minimum atomic E-state index is 1.18. The van der Waals surface area contributed by atoms with Crippen LogP contribution in [0.15, 0.2) is 127 Å². The topological polar surface area (TPSA) is 12.9 Å². The Balaban J connectivity index is 1.53. The van der Waals surface area contributed by atoms with E-state index in [4.69, 9.17) is 0 Å². The first-order chi connectivity index (χ1) is 14.9. The fourth-order valence-corrected chi connectivity index (χ4v) is 3.81. The lowest BCUT2D eigenvalue weighted by molar-refractivity contribution is 1.33. The number of rotatable bonds is 4. The molecule has 142 valence electrons. The molecule has 1 aliphatic carbocycles. The van der Waals surface area contributed by atoms with E-state index in [-0.39, 0.29) is 0 Å². The smallest absolute Gasteiger partial charge is 0.0273 e. The summed E-state index contributed by atoms with van der Waals surface area (Å²) >= 11 is 0. The van der Waals surface area contributed by atoms with Gasteiger partial charge in [-0.15, -0.1) is 0 Å². The second-order valence-corrected chi connectivity index (χ2v) is 7.35. The Morgan fingerprint density at radius 2 is 1.10 bits per heavy atom. The maximum absolute atomic E-state index is 4.10. The van der Waals surface area contributed by atoms with Crippen LogP contribution in [0.3, 0.4) is 0 Å². The zero-order valence-electron chi connectivity index (χ0n) is 16.6. The summed E-state index contributed by atoms with van der Waals surface area (Å²) in [5.41, 5.74) is 9.78. The number of benzene rings is 3. The van der Waals surface area contributed by atoms with Crippen LogP contribution in [0.5, 0.6) is 0 Å². The lowest BCUT2D eigenvalue weighted by atomic mass is 9.98. The first-order valence-corrected chi connectivity index (χ1v) is 10.1. The molecular weight excluding hydrogens is 362 g/mol. The van der Waals surface area contributed by atoms with Gasteiger partial charge in [0.2, 0.25) is 0 Å². The maximum atomic E-state index is 4.10. The lowest BCUT2D eigenvalue weighted by Crippen LogP contribution is -1.85. The third-order valence-electron chi connectivity index (χ3n) is 5.36. The average molecular weight is 383 g/mol. The van der Waals surface area contributed by atoms with Gasteiger partial charge in [0.15, 0.2) is 0 Å². The van der Waals surface area contributed by atoms with Crippen LogP contribution in [0, 0.1) is 0 Å². The molecule has 0 aliphatic heterocycles. The van der Waals surface area contributed by atoms with Gasteiger partial charge in [-0.25, -0.2) is 0 Å². The predicted octanol–water partition coefficient (Wildman–Crippen LogP) is 7.31. The molecule has 0 saturated carbocycles. The molecular formula is C29H21N. The molecule has 0 bridgehead atoms.